The summed E-state index contributed by atoms with van der Waals surface area (Å²) in [5.41, 5.74) is -1.97. The summed E-state index contributed by atoms with van der Waals surface area (Å²) >= 11 is 0. The molecule has 0 saturated carbocycles. The van der Waals surface area contributed by atoms with E-state index in [1.807, 2.05) is 0 Å². The molecule has 0 radical (unpaired) electrons. The van der Waals surface area contributed by atoms with Gasteiger partial charge in [0.05, 0.1) is 16.6 Å². The van der Waals surface area contributed by atoms with E-state index in [9.17, 15) is 28.0 Å². The van der Waals surface area contributed by atoms with Gasteiger partial charge in [0, 0.05) is 13.1 Å². The van der Waals surface area contributed by atoms with Crippen LogP contribution in [-0.2, 0) is 10.0 Å². The van der Waals surface area contributed by atoms with Crippen LogP contribution in [0.3, 0.4) is 0 Å². The molecule has 110 valence electrons. The van der Waals surface area contributed by atoms with E-state index in [1.54, 1.807) is 0 Å². The molecule has 1 heterocycles. The van der Waals surface area contributed by atoms with Crippen molar-refractivity contribution in [3.05, 3.63) is 34.1 Å². The molecule has 9 heteroatoms. The topological polar surface area (TPSA) is 101 Å². The van der Waals surface area contributed by atoms with Crippen LogP contribution in [0.15, 0.2) is 23.1 Å². The van der Waals surface area contributed by atoms with Crippen molar-refractivity contribution in [1.82, 2.24) is 4.31 Å². The third-order valence-corrected chi connectivity index (χ3v) is 5.04. The summed E-state index contributed by atoms with van der Waals surface area (Å²) in [5, 5.41) is 20.7. The van der Waals surface area contributed by atoms with Crippen molar-refractivity contribution < 1.29 is 22.8 Å². The summed E-state index contributed by atoms with van der Waals surface area (Å²) in [6.07, 6.45) is 0.237. The minimum atomic E-state index is -4.14. The van der Waals surface area contributed by atoms with Gasteiger partial charge in [-0.15, -0.1) is 0 Å². The highest BCUT2D eigenvalue weighted by atomic mass is 32.2. The fourth-order valence-electron chi connectivity index (χ4n) is 2.10. The highest BCUT2D eigenvalue weighted by Gasteiger charge is 2.40. The van der Waals surface area contributed by atoms with E-state index in [0.717, 1.165) is 16.4 Å². The number of sulfonamides is 1. The average Bonchev–Trinajstić information content (AvgIpc) is 2.70. The van der Waals surface area contributed by atoms with E-state index in [-0.39, 0.29) is 19.5 Å². The van der Waals surface area contributed by atoms with Gasteiger partial charge in [0.1, 0.15) is 5.82 Å². The molecule has 1 fully saturated rings. The second-order valence-electron chi connectivity index (χ2n) is 4.95. The largest absolute Gasteiger partial charge is 0.389 e. The number of rotatable bonds is 3. The Balaban J connectivity index is 2.48. The smallest absolute Gasteiger partial charge is 0.292 e. The molecule has 0 spiro atoms. The zero-order chi connectivity index (χ0) is 15.1. The van der Waals surface area contributed by atoms with Crippen LogP contribution >= 0.6 is 0 Å². The molecule has 0 aromatic heterocycles. The molecule has 0 aliphatic carbocycles. The molecule has 0 bridgehead atoms. The van der Waals surface area contributed by atoms with Crippen LogP contribution in [0.2, 0.25) is 0 Å². The zero-order valence-electron chi connectivity index (χ0n) is 10.6. The van der Waals surface area contributed by atoms with E-state index in [2.05, 4.69) is 0 Å². The minimum absolute atomic E-state index is 0.0594. The molecule has 20 heavy (non-hydrogen) atoms. The highest BCUT2D eigenvalue weighted by Crippen LogP contribution is 2.31. The fraction of sp³-hybridized carbons (Fsp3) is 0.455. The van der Waals surface area contributed by atoms with Crippen molar-refractivity contribution in [1.29, 1.82) is 0 Å². The monoisotopic (exact) mass is 304 g/mol. The van der Waals surface area contributed by atoms with Gasteiger partial charge < -0.3 is 5.11 Å². The lowest BCUT2D eigenvalue weighted by Gasteiger charge is -2.18. The van der Waals surface area contributed by atoms with Crippen LogP contribution in [0.5, 0.6) is 0 Å². The summed E-state index contributed by atoms with van der Waals surface area (Å²) in [6, 6.07) is 2.30. The number of hydrogen-bond acceptors (Lipinski definition) is 5. The first-order valence-corrected chi connectivity index (χ1v) is 7.24. The quantitative estimate of drug-likeness (QED) is 0.660. The molecule has 2 rings (SSSR count). The SMILES string of the molecule is CC1(O)CCN(S(=O)(=O)c2ccc(F)cc2[N+](=O)[O-])C1. The average molecular weight is 304 g/mol. The number of nitrogens with zero attached hydrogens (tertiary/aromatic N) is 2. The Morgan fingerprint density at radius 3 is 2.65 bits per heavy atom. The molecule has 1 atom stereocenters. The van der Waals surface area contributed by atoms with E-state index in [0.29, 0.717) is 6.07 Å². The van der Waals surface area contributed by atoms with Gasteiger partial charge in [0.25, 0.3) is 5.69 Å². The molecule has 1 unspecified atom stereocenters. The lowest BCUT2D eigenvalue weighted by atomic mass is 10.1. The first kappa shape index (κ1) is 14.8. The van der Waals surface area contributed by atoms with Crippen LogP contribution < -0.4 is 0 Å². The minimum Gasteiger partial charge on any atom is -0.389 e. The molecule has 0 amide bonds. The van der Waals surface area contributed by atoms with Gasteiger partial charge >= 0.3 is 0 Å². The lowest BCUT2D eigenvalue weighted by molar-refractivity contribution is -0.388. The third-order valence-electron chi connectivity index (χ3n) is 3.15. The zero-order valence-corrected chi connectivity index (χ0v) is 11.4. The molecule has 1 aromatic rings. The van der Waals surface area contributed by atoms with Crippen molar-refractivity contribution >= 4 is 15.7 Å². The van der Waals surface area contributed by atoms with Gasteiger partial charge in [-0.3, -0.25) is 10.1 Å². The first-order valence-electron chi connectivity index (χ1n) is 5.80. The molecule has 7 nitrogen and oxygen atoms in total. The third kappa shape index (κ3) is 2.65. The summed E-state index contributed by atoms with van der Waals surface area (Å²) in [5.74, 6) is -0.885. The number of β-amino-alcohol motifs (C(OH)–C–C–N with tert-alkyl or cyclic N) is 1. The van der Waals surface area contributed by atoms with Crippen molar-refractivity contribution in [3.63, 3.8) is 0 Å². The maximum atomic E-state index is 13.0. The second-order valence-corrected chi connectivity index (χ2v) is 6.86. The van der Waals surface area contributed by atoms with Crippen molar-refractivity contribution in [3.8, 4) is 0 Å². The molecular weight excluding hydrogens is 291 g/mol. The maximum Gasteiger partial charge on any atom is 0.292 e. The van der Waals surface area contributed by atoms with Gasteiger partial charge in [-0.1, -0.05) is 0 Å². The Kier molecular flexibility index (Phi) is 3.53. The number of nitro groups is 1. The molecule has 1 saturated heterocycles. The summed E-state index contributed by atoms with van der Waals surface area (Å²) in [4.78, 5) is 9.36. The lowest BCUT2D eigenvalue weighted by Crippen LogP contribution is -2.34. The Morgan fingerprint density at radius 1 is 1.50 bits per heavy atom. The van der Waals surface area contributed by atoms with Gasteiger partial charge in [0.2, 0.25) is 10.0 Å². The number of aliphatic hydroxyl groups is 1. The fourth-order valence-corrected chi connectivity index (χ4v) is 3.79. The van der Waals surface area contributed by atoms with Crippen LogP contribution in [-0.4, -0.2) is 41.4 Å². The highest BCUT2D eigenvalue weighted by molar-refractivity contribution is 7.89. The van der Waals surface area contributed by atoms with E-state index in [4.69, 9.17) is 0 Å². The van der Waals surface area contributed by atoms with Gasteiger partial charge in [-0.25, -0.2) is 12.8 Å². The Bertz CT molecular complexity index is 659. The van der Waals surface area contributed by atoms with E-state index < -0.39 is 36.9 Å². The Hall–Kier alpha value is -1.58. The van der Waals surface area contributed by atoms with Gasteiger partial charge in [-0.2, -0.15) is 4.31 Å². The van der Waals surface area contributed by atoms with Gasteiger partial charge in [0.15, 0.2) is 4.90 Å². The molecule has 1 N–H and O–H groups in total. The summed E-state index contributed by atoms with van der Waals surface area (Å²) in [7, 11) is -4.14. The van der Waals surface area contributed by atoms with Crippen molar-refractivity contribution in [2.45, 2.75) is 23.8 Å². The molecule has 1 aliphatic rings. The number of hydrogen-bond donors (Lipinski definition) is 1. The maximum absolute atomic E-state index is 13.0. The van der Waals surface area contributed by atoms with Crippen LogP contribution in [0.25, 0.3) is 0 Å². The Morgan fingerprint density at radius 2 is 2.15 bits per heavy atom. The van der Waals surface area contributed by atoms with Gasteiger partial charge in [-0.05, 0) is 25.5 Å². The number of benzene rings is 1. The second kappa shape index (κ2) is 4.76. The predicted molar refractivity (Wildman–Crippen MR) is 67.1 cm³/mol. The van der Waals surface area contributed by atoms with E-state index in [1.165, 1.54) is 6.92 Å². The summed E-state index contributed by atoms with van der Waals surface area (Å²) in [6.45, 7) is 1.40. The van der Waals surface area contributed by atoms with Crippen LogP contribution in [0, 0.1) is 15.9 Å². The molecule has 1 aliphatic heterocycles. The Labute approximate surface area is 114 Å². The first-order chi connectivity index (χ1) is 9.13. The molecular formula is C11H13FN2O5S. The number of halogens is 1. The standard InChI is InChI=1S/C11H13FN2O5S/c1-11(15)4-5-13(7-11)20(18,19)10-3-2-8(12)6-9(10)14(16)17/h2-3,6,15H,4-5,7H2,1H3. The van der Waals surface area contributed by atoms with Crippen molar-refractivity contribution in [2.24, 2.45) is 0 Å². The molecule has 1 aromatic carbocycles. The summed E-state index contributed by atoms with van der Waals surface area (Å²) < 4.78 is 38.7. The predicted octanol–water partition coefficient (Wildman–Crippen LogP) is 0.879. The number of nitro benzene ring substituents is 1. The van der Waals surface area contributed by atoms with Crippen LogP contribution in [0.4, 0.5) is 10.1 Å². The van der Waals surface area contributed by atoms with E-state index >= 15 is 0 Å². The van der Waals surface area contributed by atoms with Crippen molar-refractivity contribution in [2.75, 3.05) is 13.1 Å². The normalized spacial score (nSPS) is 23.9. The van der Waals surface area contributed by atoms with Crippen LogP contribution in [0.1, 0.15) is 13.3 Å².